The third-order valence-corrected chi connectivity index (χ3v) is 7.97. The van der Waals surface area contributed by atoms with Gasteiger partial charge in [0.1, 0.15) is 11.3 Å². The number of hydrogen-bond acceptors (Lipinski definition) is 5. The van der Waals surface area contributed by atoms with Crippen molar-refractivity contribution in [2.24, 2.45) is 5.92 Å². The molecule has 1 saturated carbocycles. The average Bonchev–Trinajstić information content (AvgIpc) is 3.44. The monoisotopic (exact) mass is 465 g/mol. The Kier molecular flexibility index (Phi) is 5.38. The molecule has 1 aliphatic carbocycles. The fourth-order valence-electron chi connectivity index (χ4n) is 6.28. The van der Waals surface area contributed by atoms with E-state index in [-0.39, 0.29) is 5.54 Å². The fourth-order valence-corrected chi connectivity index (χ4v) is 6.54. The van der Waals surface area contributed by atoms with E-state index in [0.717, 1.165) is 72.3 Å². The minimum Gasteiger partial charge on any atom is -0.459 e. The second-order valence-corrected chi connectivity index (χ2v) is 10.5. The molecule has 2 fully saturated rings. The number of halogens is 1. The molecule has 33 heavy (non-hydrogen) atoms. The van der Waals surface area contributed by atoms with Crippen LogP contribution in [0, 0.1) is 5.92 Å². The summed E-state index contributed by atoms with van der Waals surface area (Å²) in [4.78, 5) is 6.72. The molecule has 7 heteroatoms. The van der Waals surface area contributed by atoms with Crippen molar-refractivity contribution in [3.8, 4) is 0 Å². The van der Waals surface area contributed by atoms with Gasteiger partial charge in [-0.2, -0.15) is 0 Å². The number of imidazole rings is 1. The molecule has 0 amide bonds. The smallest absolute Gasteiger partial charge is 0.142 e. The van der Waals surface area contributed by atoms with E-state index in [2.05, 4.69) is 43.9 Å². The highest BCUT2D eigenvalue weighted by Gasteiger charge is 2.42. The van der Waals surface area contributed by atoms with Crippen LogP contribution in [0.2, 0.25) is 5.02 Å². The predicted octanol–water partition coefficient (Wildman–Crippen LogP) is 5.84. The van der Waals surface area contributed by atoms with Crippen LogP contribution in [-0.2, 0) is 18.6 Å². The molecule has 1 unspecified atom stereocenters. The highest BCUT2D eigenvalue weighted by molar-refractivity contribution is 6.34. The predicted molar refractivity (Wildman–Crippen MR) is 132 cm³/mol. The average molecular weight is 466 g/mol. The highest BCUT2D eigenvalue weighted by Crippen LogP contribution is 2.49. The lowest BCUT2D eigenvalue weighted by molar-refractivity contribution is 0.147. The van der Waals surface area contributed by atoms with E-state index < -0.39 is 0 Å². The molecule has 2 aromatic heterocycles. The Balaban J connectivity index is 1.30. The van der Waals surface area contributed by atoms with Crippen LogP contribution >= 0.6 is 11.6 Å². The Morgan fingerprint density at radius 2 is 2.09 bits per heavy atom. The molecule has 6 rings (SSSR count). The van der Waals surface area contributed by atoms with Crippen molar-refractivity contribution in [2.75, 3.05) is 18.4 Å². The molecule has 0 radical (unpaired) electrons. The Morgan fingerprint density at radius 3 is 2.91 bits per heavy atom. The molecule has 3 aromatic rings. The number of piperidine rings is 1. The van der Waals surface area contributed by atoms with E-state index in [1.54, 1.807) is 0 Å². The maximum Gasteiger partial charge on any atom is 0.142 e. The van der Waals surface area contributed by atoms with Crippen LogP contribution in [0.5, 0.6) is 0 Å². The lowest BCUT2D eigenvalue weighted by Crippen LogP contribution is -2.48. The Labute approximate surface area is 200 Å². The summed E-state index contributed by atoms with van der Waals surface area (Å²) in [7, 11) is 0. The first kappa shape index (κ1) is 21.1. The lowest BCUT2D eigenvalue weighted by atomic mass is 9.74. The summed E-state index contributed by atoms with van der Waals surface area (Å²) in [6, 6.07) is 4.24. The van der Waals surface area contributed by atoms with Crippen LogP contribution in [0.15, 0.2) is 47.7 Å². The van der Waals surface area contributed by atoms with E-state index >= 15 is 0 Å². The van der Waals surface area contributed by atoms with E-state index in [1.807, 2.05) is 18.6 Å². The fraction of sp³-hybridized carbons (Fsp3) is 0.500. The summed E-state index contributed by atoms with van der Waals surface area (Å²) in [6.45, 7) is 8.24. The molecular weight excluding hydrogens is 434 g/mol. The Bertz CT molecular complexity index is 1160. The summed E-state index contributed by atoms with van der Waals surface area (Å²) in [5.41, 5.74) is 3.00. The minimum absolute atomic E-state index is 0.144. The van der Waals surface area contributed by atoms with Crippen molar-refractivity contribution >= 4 is 28.3 Å². The number of rotatable bonds is 4. The molecule has 3 aliphatic rings. The van der Waals surface area contributed by atoms with Crippen molar-refractivity contribution in [3.05, 3.63) is 59.6 Å². The summed E-state index contributed by atoms with van der Waals surface area (Å²) in [5.74, 6) is 2.49. The van der Waals surface area contributed by atoms with Gasteiger partial charge in [-0.25, -0.2) is 4.98 Å². The van der Waals surface area contributed by atoms with Crippen LogP contribution in [0.1, 0.15) is 56.3 Å². The molecule has 1 atom stereocenters. The Morgan fingerprint density at radius 1 is 1.21 bits per heavy atom. The number of furan rings is 1. The maximum absolute atomic E-state index is 6.79. The number of likely N-dealkylation sites (tertiary alicyclic amines) is 1. The van der Waals surface area contributed by atoms with Crippen molar-refractivity contribution in [1.82, 2.24) is 19.8 Å². The second kappa shape index (κ2) is 8.41. The number of nitrogens with one attached hydrogen (secondary N) is 2. The number of benzene rings is 1. The van der Waals surface area contributed by atoms with Gasteiger partial charge in [0.25, 0.3) is 0 Å². The summed E-state index contributed by atoms with van der Waals surface area (Å²) in [5, 5.41) is 8.92. The second-order valence-electron chi connectivity index (χ2n) is 10.1. The number of anilines is 1. The Hall–Kier alpha value is -2.44. The molecule has 1 saturated heterocycles. The van der Waals surface area contributed by atoms with Crippen molar-refractivity contribution in [3.63, 3.8) is 0 Å². The molecule has 0 bridgehead atoms. The van der Waals surface area contributed by atoms with Gasteiger partial charge in [-0.3, -0.25) is 4.90 Å². The molecule has 2 aliphatic heterocycles. The maximum atomic E-state index is 6.79. The highest BCUT2D eigenvalue weighted by atomic mass is 35.5. The normalized spacial score (nSPS) is 22.8. The van der Waals surface area contributed by atoms with Gasteiger partial charge in [0.05, 0.1) is 34.9 Å². The first-order chi connectivity index (χ1) is 16.1. The number of nitrogens with zero attached hydrogens (tertiary/aromatic N) is 3. The molecule has 6 nitrogen and oxygen atoms in total. The van der Waals surface area contributed by atoms with E-state index in [1.165, 1.54) is 37.7 Å². The van der Waals surface area contributed by atoms with Gasteiger partial charge >= 0.3 is 0 Å². The molecule has 2 N–H and O–H groups in total. The number of hydrogen-bond donors (Lipinski definition) is 2. The van der Waals surface area contributed by atoms with Gasteiger partial charge < -0.3 is 19.6 Å². The SMILES string of the molecule is C=C1Nc2c(Cl)cc3cc(CN4CCCC(Cn5ccnc5)C4)oc3c2C2(CCCCC2)N1. The van der Waals surface area contributed by atoms with Crippen molar-refractivity contribution < 1.29 is 4.42 Å². The minimum atomic E-state index is -0.144. The lowest BCUT2D eigenvalue weighted by Gasteiger charge is -2.44. The summed E-state index contributed by atoms with van der Waals surface area (Å²) < 4.78 is 8.80. The zero-order valence-corrected chi connectivity index (χ0v) is 19.8. The van der Waals surface area contributed by atoms with Gasteiger partial charge in [0.15, 0.2) is 0 Å². The van der Waals surface area contributed by atoms with Crippen LogP contribution in [0.4, 0.5) is 5.69 Å². The number of fused-ring (bicyclic) bond motifs is 4. The van der Waals surface area contributed by atoms with Gasteiger partial charge in [-0.15, -0.1) is 0 Å². The largest absolute Gasteiger partial charge is 0.459 e. The van der Waals surface area contributed by atoms with Crippen LogP contribution in [-0.4, -0.2) is 27.5 Å². The molecular formula is C26H32ClN5O. The van der Waals surface area contributed by atoms with Crippen molar-refractivity contribution in [1.29, 1.82) is 0 Å². The molecule has 174 valence electrons. The first-order valence-corrected chi connectivity index (χ1v) is 12.6. The van der Waals surface area contributed by atoms with Gasteiger partial charge in [0, 0.05) is 36.4 Å². The standard InChI is InChI=1S/C26H32ClN5O/c1-18-29-24-22(27)13-20-12-21(33-25(20)23(24)26(30-18)7-3-2-4-8-26)16-31-10-5-6-19(14-31)15-32-11-9-28-17-32/h9,11-13,17,19,29-30H,1-8,10,14-16H2. The van der Waals surface area contributed by atoms with E-state index in [4.69, 9.17) is 16.0 Å². The van der Waals surface area contributed by atoms with Crippen LogP contribution < -0.4 is 10.6 Å². The zero-order valence-electron chi connectivity index (χ0n) is 19.1. The zero-order chi connectivity index (χ0) is 22.4. The van der Waals surface area contributed by atoms with E-state index in [0.29, 0.717) is 5.92 Å². The summed E-state index contributed by atoms with van der Waals surface area (Å²) in [6.07, 6.45) is 14.2. The van der Waals surface area contributed by atoms with Crippen LogP contribution in [0.3, 0.4) is 0 Å². The summed E-state index contributed by atoms with van der Waals surface area (Å²) >= 11 is 6.79. The van der Waals surface area contributed by atoms with E-state index in [9.17, 15) is 0 Å². The quantitative estimate of drug-likeness (QED) is 0.506. The van der Waals surface area contributed by atoms with Crippen LogP contribution in [0.25, 0.3) is 11.0 Å². The molecule has 1 aromatic carbocycles. The van der Waals surface area contributed by atoms with Gasteiger partial charge in [0.2, 0.25) is 0 Å². The third-order valence-electron chi connectivity index (χ3n) is 7.67. The molecule has 1 spiro atoms. The van der Waals surface area contributed by atoms with Gasteiger partial charge in [-0.1, -0.05) is 37.4 Å². The molecule has 4 heterocycles. The van der Waals surface area contributed by atoms with Crippen molar-refractivity contribution in [2.45, 2.75) is 63.6 Å². The topological polar surface area (TPSA) is 58.3 Å². The number of aromatic nitrogens is 2. The first-order valence-electron chi connectivity index (χ1n) is 12.3. The third kappa shape index (κ3) is 3.93. The van der Waals surface area contributed by atoms with Gasteiger partial charge in [-0.05, 0) is 50.3 Å².